The SMILES string of the molecule is Cc1nn(C)c2nc(-c3ccccc3)cc(C(=O)Nc3ncc[nH]3)c12. The minimum absolute atomic E-state index is 0.254. The second-order valence-corrected chi connectivity index (χ2v) is 5.72. The Morgan fingerprint density at radius 2 is 2.04 bits per heavy atom. The number of pyridine rings is 1. The molecule has 2 N–H and O–H groups in total. The van der Waals surface area contributed by atoms with Gasteiger partial charge >= 0.3 is 0 Å². The summed E-state index contributed by atoms with van der Waals surface area (Å²) in [4.78, 5) is 24.5. The first-order chi connectivity index (χ1) is 12.1. The number of nitrogens with one attached hydrogen (secondary N) is 2. The predicted molar refractivity (Wildman–Crippen MR) is 95.2 cm³/mol. The summed E-state index contributed by atoms with van der Waals surface area (Å²) < 4.78 is 1.70. The van der Waals surface area contributed by atoms with E-state index in [4.69, 9.17) is 4.98 Å². The van der Waals surface area contributed by atoms with Gasteiger partial charge in [0.1, 0.15) is 0 Å². The number of aromatic amines is 1. The maximum atomic E-state index is 12.8. The van der Waals surface area contributed by atoms with Gasteiger partial charge < -0.3 is 4.98 Å². The molecule has 0 bridgehead atoms. The molecule has 4 aromatic rings. The second-order valence-electron chi connectivity index (χ2n) is 5.72. The third-order valence-corrected chi connectivity index (χ3v) is 4.01. The molecule has 3 aromatic heterocycles. The van der Waals surface area contributed by atoms with Gasteiger partial charge in [-0.2, -0.15) is 5.10 Å². The number of benzene rings is 1. The number of aromatic nitrogens is 5. The lowest BCUT2D eigenvalue weighted by molar-refractivity contribution is 0.102. The highest BCUT2D eigenvalue weighted by molar-refractivity contribution is 6.12. The molecule has 0 unspecified atom stereocenters. The molecule has 1 aromatic carbocycles. The number of imidazole rings is 1. The van der Waals surface area contributed by atoms with Crippen molar-refractivity contribution in [2.24, 2.45) is 7.05 Å². The average Bonchev–Trinajstić information content (AvgIpc) is 3.23. The van der Waals surface area contributed by atoms with Gasteiger partial charge in [-0.3, -0.25) is 14.8 Å². The monoisotopic (exact) mass is 332 g/mol. The standard InChI is InChI=1S/C18H16N6O/c1-11-15-13(17(25)22-18-19-8-9-20-18)10-14(12-6-4-3-5-7-12)21-16(15)24(2)23-11/h3-10H,1-2H3,(H2,19,20,22,25). The van der Waals surface area contributed by atoms with Gasteiger partial charge in [-0.25, -0.2) is 9.97 Å². The number of carbonyl (C=O) groups is 1. The summed E-state index contributed by atoms with van der Waals surface area (Å²) in [7, 11) is 1.82. The van der Waals surface area contributed by atoms with E-state index in [9.17, 15) is 4.79 Å². The van der Waals surface area contributed by atoms with Crippen molar-refractivity contribution in [2.75, 3.05) is 5.32 Å². The molecular formula is C18H16N6O. The number of H-pyrrole nitrogens is 1. The molecule has 0 fully saturated rings. The van der Waals surface area contributed by atoms with Crippen LogP contribution in [0, 0.1) is 6.92 Å². The van der Waals surface area contributed by atoms with Crippen LogP contribution in [-0.4, -0.2) is 30.6 Å². The number of nitrogens with zero attached hydrogens (tertiary/aromatic N) is 4. The van der Waals surface area contributed by atoms with Crippen LogP contribution < -0.4 is 5.32 Å². The van der Waals surface area contributed by atoms with Crippen molar-refractivity contribution in [1.82, 2.24) is 24.7 Å². The topological polar surface area (TPSA) is 88.5 Å². The van der Waals surface area contributed by atoms with Crippen LogP contribution in [0.3, 0.4) is 0 Å². The lowest BCUT2D eigenvalue weighted by Gasteiger charge is -2.08. The Morgan fingerprint density at radius 1 is 1.24 bits per heavy atom. The quantitative estimate of drug-likeness (QED) is 0.604. The summed E-state index contributed by atoms with van der Waals surface area (Å²) >= 11 is 0. The Morgan fingerprint density at radius 3 is 2.76 bits per heavy atom. The van der Waals surface area contributed by atoms with Crippen LogP contribution in [0.2, 0.25) is 0 Å². The molecule has 0 aliphatic carbocycles. The fourth-order valence-corrected chi connectivity index (χ4v) is 2.89. The van der Waals surface area contributed by atoms with E-state index in [1.165, 1.54) is 0 Å². The molecule has 0 saturated carbocycles. The third-order valence-electron chi connectivity index (χ3n) is 4.01. The number of rotatable bonds is 3. The summed E-state index contributed by atoms with van der Waals surface area (Å²) in [6, 6.07) is 11.6. The minimum Gasteiger partial charge on any atom is -0.331 e. The molecule has 0 radical (unpaired) electrons. The smallest absolute Gasteiger partial charge is 0.258 e. The van der Waals surface area contributed by atoms with E-state index in [1.54, 1.807) is 23.1 Å². The zero-order valence-electron chi connectivity index (χ0n) is 13.8. The van der Waals surface area contributed by atoms with E-state index in [0.29, 0.717) is 17.2 Å². The van der Waals surface area contributed by atoms with E-state index in [-0.39, 0.29) is 5.91 Å². The van der Waals surface area contributed by atoms with Crippen molar-refractivity contribution in [2.45, 2.75) is 6.92 Å². The molecule has 1 amide bonds. The van der Waals surface area contributed by atoms with Crippen LogP contribution in [0.1, 0.15) is 16.1 Å². The van der Waals surface area contributed by atoms with Gasteiger partial charge in [-0.1, -0.05) is 30.3 Å². The third kappa shape index (κ3) is 2.65. The summed E-state index contributed by atoms with van der Waals surface area (Å²) in [5.41, 5.74) is 3.61. The molecule has 0 atom stereocenters. The molecular weight excluding hydrogens is 316 g/mol. The van der Waals surface area contributed by atoms with E-state index in [1.807, 2.05) is 44.3 Å². The normalized spacial score (nSPS) is 11.0. The molecule has 25 heavy (non-hydrogen) atoms. The van der Waals surface area contributed by atoms with E-state index >= 15 is 0 Å². The lowest BCUT2D eigenvalue weighted by atomic mass is 10.1. The molecule has 7 heteroatoms. The maximum Gasteiger partial charge on any atom is 0.258 e. The summed E-state index contributed by atoms with van der Waals surface area (Å²) in [6.45, 7) is 1.87. The Bertz CT molecular complexity index is 1050. The van der Waals surface area contributed by atoms with Gasteiger partial charge in [0.25, 0.3) is 5.91 Å². The van der Waals surface area contributed by atoms with Gasteiger partial charge in [0, 0.05) is 25.0 Å². The number of carbonyl (C=O) groups excluding carboxylic acids is 1. The highest BCUT2D eigenvalue weighted by atomic mass is 16.1. The lowest BCUT2D eigenvalue weighted by Crippen LogP contribution is -2.14. The van der Waals surface area contributed by atoms with E-state index in [0.717, 1.165) is 22.3 Å². The van der Waals surface area contributed by atoms with Crippen molar-refractivity contribution in [1.29, 1.82) is 0 Å². The largest absolute Gasteiger partial charge is 0.331 e. The molecule has 0 aliphatic rings. The van der Waals surface area contributed by atoms with Crippen molar-refractivity contribution in [3.05, 3.63) is 60.0 Å². The van der Waals surface area contributed by atoms with Gasteiger partial charge in [-0.15, -0.1) is 0 Å². The molecule has 0 saturated heterocycles. The fourth-order valence-electron chi connectivity index (χ4n) is 2.89. The number of aryl methyl sites for hydroxylation is 2. The summed E-state index contributed by atoms with van der Waals surface area (Å²) in [5.74, 6) is 0.147. The van der Waals surface area contributed by atoms with Crippen molar-refractivity contribution >= 4 is 22.9 Å². The number of hydrogen-bond acceptors (Lipinski definition) is 4. The predicted octanol–water partition coefficient (Wildman–Crippen LogP) is 2.92. The highest BCUT2D eigenvalue weighted by Gasteiger charge is 2.19. The summed E-state index contributed by atoms with van der Waals surface area (Å²) in [6.07, 6.45) is 3.24. The van der Waals surface area contributed by atoms with Crippen molar-refractivity contribution in [3.63, 3.8) is 0 Å². The maximum absolute atomic E-state index is 12.8. The fraction of sp³-hybridized carbons (Fsp3) is 0.111. The zero-order chi connectivity index (χ0) is 17.4. The van der Waals surface area contributed by atoms with Crippen LogP contribution >= 0.6 is 0 Å². The van der Waals surface area contributed by atoms with Gasteiger partial charge in [-0.05, 0) is 13.0 Å². The molecule has 124 valence electrons. The first kappa shape index (κ1) is 15.1. The molecule has 0 aliphatic heterocycles. The van der Waals surface area contributed by atoms with Crippen LogP contribution in [0.5, 0.6) is 0 Å². The Hall–Kier alpha value is -3.48. The minimum atomic E-state index is -0.254. The van der Waals surface area contributed by atoms with Gasteiger partial charge in [0.15, 0.2) is 5.65 Å². The van der Waals surface area contributed by atoms with Crippen LogP contribution in [0.25, 0.3) is 22.3 Å². The van der Waals surface area contributed by atoms with E-state index in [2.05, 4.69) is 20.4 Å². The molecule has 4 rings (SSSR count). The van der Waals surface area contributed by atoms with Crippen molar-refractivity contribution < 1.29 is 4.79 Å². The van der Waals surface area contributed by atoms with Gasteiger partial charge in [0.05, 0.1) is 22.3 Å². The molecule has 3 heterocycles. The highest BCUT2D eigenvalue weighted by Crippen LogP contribution is 2.27. The first-order valence-electron chi connectivity index (χ1n) is 7.84. The second kappa shape index (κ2) is 5.86. The Labute approximate surface area is 143 Å². The number of fused-ring (bicyclic) bond motifs is 1. The van der Waals surface area contributed by atoms with Crippen LogP contribution in [0.4, 0.5) is 5.95 Å². The first-order valence-corrected chi connectivity index (χ1v) is 7.84. The Balaban J connectivity index is 1.90. The van der Waals surface area contributed by atoms with Crippen molar-refractivity contribution in [3.8, 4) is 11.3 Å². The number of anilines is 1. The average molecular weight is 332 g/mol. The Kier molecular flexibility index (Phi) is 3.53. The van der Waals surface area contributed by atoms with Gasteiger partial charge in [0.2, 0.25) is 5.95 Å². The van der Waals surface area contributed by atoms with Crippen LogP contribution in [0.15, 0.2) is 48.8 Å². The molecule has 0 spiro atoms. The molecule has 7 nitrogen and oxygen atoms in total. The summed E-state index contributed by atoms with van der Waals surface area (Å²) in [5, 5.41) is 7.93. The number of hydrogen-bond donors (Lipinski definition) is 2. The number of amides is 1. The van der Waals surface area contributed by atoms with Crippen LogP contribution in [-0.2, 0) is 7.05 Å². The van der Waals surface area contributed by atoms with E-state index < -0.39 is 0 Å². The zero-order valence-corrected chi connectivity index (χ0v) is 13.8.